The summed E-state index contributed by atoms with van der Waals surface area (Å²) in [6.45, 7) is 0.171. The third kappa shape index (κ3) is 6.89. The Morgan fingerprint density at radius 1 is 1.07 bits per heavy atom. The molecule has 2 heterocycles. The molecule has 240 valence electrons. The monoisotopic (exact) mass is 648 g/mol. The Morgan fingerprint density at radius 2 is 1.75 bits per heavy atom. The first-order chi connectivity index (χ1) is 20.6. The summed E-state index contributed by atoms with van der Waals surface area (Å²) in [6.07, 6.45) is -6.77. The molecule has 1 atom stereocenters. The number of nitrogens with one attached hydrogen (secondary N) is 2. The molecule has 0 unspecified atom stereocenters. The van der Waals surface area contributed by atoms with E-state index in [0.29, 0.717) is 25.3 Å². The van der Waals surface area contributed by atoms with Gasteiger partial charge in [0, 0.05) is 31.2 Å². The molecule has 1 aromatic carbocycles. The molecule has 3 aliphatic rings. The smallest absolute Gasteiger partial charge is 0.416 e. The van der Waals surface area contributed by atoms with Crippen LogP contribution < -0.4 is 14.8 Å². The highest BCUT2D eigenvalue weighted by molar-refractivity contribution is 7.91. The second kappa shape index (κ2) is 11.7. The minimum absolute atomic E-state index is 0.0197. The van der Waals surface area contributed by atoms with Crippen molar-refractivity contribution in [2.45, 2.75) is 81.1 Å². The normalized spacial score (nSPS) is 21.5. The van der Waals surface area contributed by atoms with Gasteiger partial charge in [-0.2, -0.15) is 31.4 Å². The number of nitrogens with zero attached hydrogens (tertiary/aromatic N) is 2. The van der Waals surface area contributed by atoms with E-state index in [1.165, 1.54) is 16.9 Å². The largest absolute Gasteiger partial charge is 0.494 e. The number of carbonyl (C=O) groups excluding carboxylic acids is 2. The first kappa shape index (κ1) is 31.9. The topological polar surface area (TPSA) is 119 Å². The third-order valence-corrected chi connectivity index (χ3v) is 9.87. The molecule has 0 bridgehead atoms. The van der Waals surface area contributed by atoms with E-state index in [4.69, 9.17) is 4.74 Å². The zero-order valence-corrected chi connectivity index (χ0v) is 24.1. The lowest BCUT2D eigenvalue weighted by Gasteiger charge is -2.41. The van der Waals surface area contributed by atoms with Gasteiger partial charge in [0.25, 0.3) is 11.8 Å². The number of hydrogen-bond donors (Lipinski definition) is 2. The van der Waals surface area contributed by atoms with Crippen LogP contribution in [0.15, 0.2) is 42.1 Å². The van der Waals surface area contributed by atoms with E-state index in [0.717, 1.165) is 43.5 Å². The molecule has 2 aliphatic carbocycles. The lowest BCUT2D eigenvalue weighted by molar-refractivity contribution is -0.202. The van der Waals surface area contributed by atoms with Crippen molar-refractivity contribution in [3.63, 3.8) is 0 Å². The Labute approximate surface area is 249 Å². The van der Waals surface area contributed by atoms with Gasteiger partial charge < -0.3 is 10.1 Å². The Balaban J connectivity index is 1.49. The van der Waals surface area contributed by atoms with Crippen LogP contribution in [0, 0.1) is 5.92 Å². The quantitative estimate of drug-likeness (QED) is 0.206. The maximum absolute atomic E-state index is 15.0. The molecule has 2 fully saturated rings. The van der Waals surface area contributed by atoms with Crippen LogP contribution in [0.4, 0.5) is 26.3 Å². The summed E-state index contributed by atoms with van der Waals surface area (Å²) < 4.78 is 116. The molecule has 1 aliphatic heterocycles. The fourth-order valence-corrected chi connectivity index (χ4v) is 6.55. The maximum atomic E-state index is 15.0. The summed E-state index contributed by atoms with van der Waals surface area (Å²) in [5, 5.41) is 5.45. The molecule has 1 aromatic heterocycles. The molecular formula is C28H30F6N4O5S. The van der Waals surface area contributed by atoms with Crippen LogP contribution in [0.25, 0.3) is 5.57 Å². The predicted octanol–water partition coefficient (Wildman–Crippen LogP) is 4.74. The number of ether oxygens (including phenoxy) is 1. The van der Waals surface area contributed by atoms with Crippen molar-refractivity contribution in [2.75, 3.05) is 6.61 Å². The molecule has 44 heavy (non-hydrogen) atoms. The molecule has 0 spiro atoms. The van der Waals surface area contributed by atoms with Crippen molar-refractivity contribution in [1.82, 2.24) is 19.8 Å². The number of rotatable bonds is 11. The molecule has 2 aromatic rings. The van der Waals surface area contributed by atoms with Gasteiger partial charge >= 0.3 is 12.4 Å². The van der Waals surface area contributed by atoms with E-state index < -0.39 is 69.0 Å². The maximum Gasteiger partial charge on any atom is 0.416 e. The van der Waals surface area contributed by atoms with Crippen LogP contribution in [0.5, 0.6) is 5.75 Å². The van der Waals surface area contributed by atoms with Crippen molar-refractivity contribution < 1.29 is 49.1 Å². The van der Waals surface area contributed by atoms with Crippen LogP contribution in [-0.4, -0.2) is 54.2 Å². The Hall–Kier alpha value is -3.56. The molecule has 2 amide bonds. The predicted molar refractivity (Wildman–Crippen MR) is 144 cm³/mol. The van der Waals surface area contributed by atoms with Gasteiger partial charge in [-0.25, -0.2) is 13.1 Å². The number of benzene rings is 1. The number of aromatic nitrogens is 2. The summed E-state index contributed by atoms with van der Waals surface area (Å²) in [7, 11) is -4.14. The van der Waals surface area contributed by atoms with E-state index in [1.54, 1.807) is 0 Å². The average Bonchev–Trinajstić information content (AvgIpc) is 3.67. The van der Waals surface area contributed by atoms with Crippen LogP contribution >= 0.6 is 0 Å². The van der Waals surface area contributed by atoms with Gasteiger partial charge in [-0.15, -0.1) is 0 Å². The molecule has 16 heteroatoms. The number of carbonyl (C=O) groups is 2. The number of halogens is 6. The second-order valence-electron chi connectivity index (χ2n) is 11.4. The lowest BCUT2D eigenvalue weighted by atomic mass is 9.77. The molecule has 2 N–H and O–H groups in total. The molecule has 0 saturated heterocycles. The van der Waals surface area contributed by atoms with E-state index in [1.807, 2.05) is 10.0 Å². The number of alkyl halides is 6. The first-order valence-corrected chi connectivity index (χ1v) is 15.6. The minimum atomic E-state index is -5.11. The van der Waals surface area contributed by atoms with Gasteiger partial charge in [0.2, 0.25) is 10.0 Å². The van der Waals surface area contributed by atoms with Crippen LogP contribution in [-0.2, 0) is 31.7 Å². The second-order valence-corrected chi connectivity index (χ2v) is 13.3. The Morgan fingerprint density at radius 3 is 2.32 bits per heavy atom. The summed E-state index contributed by atoms with van der Waals surface area (Å²) in [5.74, 6) is -2.43. The van der Waals surface area contributed by atoms with Crippen molar-refractivity contribution in [2.24, 2.45) is 5.92 Å². The lowest BCUT2D eigenvalue weighted by Crippen LogP contribution is -2.60. The highest BCUT2D eigenvalue weighted by Crippen LogP contribution is 2.48. The van der Waals surface area contributed by atoms with Crippen molar-refractivity contribution in [3.05, 3.63) is 53.4 Å². The van der Waals surface area contributed by atoms with E-state index in [2.05, 4.69) is 5.10 Å². The zero-order valence-electron chi connectivity index (χ0n) is 23.3. The highest BCUT2D eigenvalue weighted by atomic mass is 32.2. The van der Waals surface area contributed by atoms with Crippen LogP contribution in [0.2, 0.25) is 0 Å². The van der Waals surface area contributed by atoms with Crippen molar-refractivity contribution >= 4 is 27.4 Å². The average molecular weight is 649 g/mol. The van der Waals surface area contributed by atoms with E-state index >= 15 is 0 Å². The van der Waals surface area contributed by atoms with E-state index in [-0.39, 0.29) is 30.0 Å². The van der Waals surface area contributed by atoms with E-state index in [9.17, 15) is 44.3 Å². The summed E-state index contributed by atoms with van der Waals surface area (Å²) >= 11 is 0. The molecule has 5 rings (SSSR count). The van der Waals surface area contributed by atoms with Crippen molar-refractivity contribution in [3.8, 4) is 5.75 Å². The fraction of sp³-hybridized carbons (Fsp3) is 0.536. The standard InChI is InChI=1S/C28H30F6N4O5S/c29-27(30,31)12-2-14-43-19-7-5-18(6-8-19)26(28(32,33)34)15-21(22-11-13-38(36-22)16-17-3-1-4-17)23(24(39)35-26)25(40)37-44(41,42)20-9-10-20/h5-8,11,13,17,20H,1-4,9-10,12,14-16H2,(H,35,39)(H,37,40)/t26-/m0/s1. The Bertz CT molecular complexity index is 1540. The van der Waals surface area contributed by atoms with Gasteiger partial charge in [0.15, 0.2) is 5.54 Å². The Kier molecular flexibility index (Phi) is 8.50. The first-order valence-electron chi connectivity index (χ1n) is 14.1. The van der Waals surface area contributed by atoms with Gasteiger partial charge in [-0.3, -0.25) is 14.3 Å². The third-order valence-electron chi connectivity index (χ3n) is 8.05. The van der Waals surface area contributed by atoms with Gasteiger partial charge in [0.05, 0.1) is 17.6 Å². The highest BCUT2D eigenvalue weighted by Gasteiger charge is 2.60. The van der Waals surface area contributed by atoms with Gasteiger partial charge in [0.1, 0.15) is 11.3 Å². The number of amides is 2. The molecule has 0 radical (unpaired) electrons. The van der Waals surface area contributed by atoms with Crippen molar-refractivity contribution in [1.29, 1.82) is 0 Å². The number of hydrogen-bond acceptors (Lipinski definition) is 6. The molecular weight excluding hydrogens is 618 g/mol. The zero-order chi connectivity index (χ0) is 31.9. The van der Waals surface area contributed by atoms with Crippen LogP contribution in [0.1, 0.15) is 62.6 Å². The fourth-order valence-electron chi connectivity index (χ4n) is 5.26. The number of sulfonamides is 1. The SMILES string of the molecule is O=C1N[C@@](c2ccc(OCCCC(F)(F)F)cc2)(C(F)(F)F)CC(c2ccn(CC3CCC3)n2)=C1C(=O)NS(=O)(=O)C1CC1. The van der Waals surface area contributed by atoms with Gasteiger partial charge in [-0.1, -0.05) is 18.6 Å². The molecule has 9 nitrogen and oxygen atoms in total. The van der Waals surface area contributed by atoms with Gasteiger partial charge in [-0.05, 0) is 61.8 Å². The summed E-state index contributed by atoms with van der Waals surface area (Å²) in [5.41, 5.74) is -4.73. The molecule has 2 saturated carbocycles. The minimum Gasteiger partial charge on any atom is -0.494 e. The summed E-state index contributed by atoms with van der Waals surface area (Å²) in [6, 6.07) is 5.73. The summed E-state index contributed by atoms with van der Waals surface area (Å²) in [4.78, 5) is 26.6. The van der Waals surface area contributed by atoms with Crippen LogP contribution in [0.3, 0.4) is 0 Å².